The van der Waals surface area contributed by atoms with Gasteiger partial charge in [0.25, 0.3) is 7.82 Å². The van der Waals surface area contributed by atoms with Crippen molar-refractivity contribution < 1.29 is 37.3 Å². The maximum absolute atomic E-state index is 13.6. The van der Waals surface area contributed by atoms with Crippen LogP contribution in [0.2, 0.25) is 0 Å². The molecule has 0 aromatic heterocycles. The molecule has 10 heteroatoms. The Bertz CT molecular complexity index is 1950. The zero-order valence-electron chi connectivity index (χ0n) is 54.5. The number of nitrogens with zero attached hydrogens (tertiary/aromatic N) is 1. The van der Waals surface area contributed by atoms with Crippen LogP contribution in [0.1, 0.15) is 258 Å². The van der Waals surface area contributed by atoms with Gasteiger partial charge in [-0.15, -0.1) is 0 Å². The molecule has 478 valence electrons. The topological polar surface area (TPSA) is 114 Å². The normalized spacial score (nSPS) is 14.5. The van der Waals surface area contributed by atoms with E-state index in [1.165, 1.54) is 77.0 Å². The second kappa shape index (κ2) is 62.0. The first-order chi connectivity index (χ1) is 40.9. The summed E-state index contributed by atoms with van der Waals surface area (Å²) in [4.78, 5) is 40.1. The predicted molar refractivity (Wildman–Crippen MR) is 362 cm³/mol. The summed E-state index contributed by atoms with van der Waals surface area (Å²) in [7, 11) is 1.14. The summed E-state index contributed by atoms with van der Waals surface area (Å²) in [6.07, 6.45) is 89.6. The molecule has 0 spiro atoms. The largest absolute Gasteiger partial charge is 0.756 e. The molecule has 0 saturated carbocycles. The van der Waals surface area contributed by atoms with E-state index in [1.807, 2.05) is 33.3 Å². The number of hydrogen-bond acceptors (Lipinski definition) is 7. The Kier molecular flexibility index (Phi) is 58.9. The minimum atomic E-state index is -4.72. The van der Waals surface area contributed by atoms with Crippen LogP contribution in [-0.4, -0.2) is 69.4 Å². The first-order valence-corrected chi connectivity index (χ1v) is 35.1. The highest BCUT2D eigenvalue weighted by Gasteiger charge is 2.27. The highest BCUT2D eigenvalue weighted by Crippen LogP contribution is 2.38. The molecule has 84 heavy (non-hydrogen) atoms. The van der Waals surface area contributed by atoms with E-state index in [-0.39, 0.29) is 24.9 Å². The third-order valence-corrected chi connectivity index (χ3v) is 15.0. The van der Waals surface area contributed by atoms with Gasteiger partial charge in [-0.1, -0.05) is 263 Å². The fourth-order valence-corrected chi connectivity index (χ4v) is 9.63. The van der Waals surface area contributed by atoms with Gasteiger partial charge in [-0.05, 0) is 128 Å². The molecule has 0 aromatic rings. The van der Waals surface area contributed by atoms with Crippen molar-refractivity contribution in [1.29, 1.82) is 0 Å². The summed E-state index contributed by atoms with van der Waals surface area (Å²) >= 11 is 0. The van der Waals surface area contributed by atoms with Gasteiger partial charge in [0.15, 0.2) is 0 Å². The van der Waals surface area contributed by atoms with E-state index < -0.39 is 26.6 Å². The second-order valence-corrected chi connectivity index (χ2v) is 24.6. The van der Waals surface area contributed by atoms with E-state index in [2.05, 4.69) is 160 Å². The summed E-state index contributed by atoms with van der Waals surface area (Å²) in [6.45, 7) is 6.57. The van der Waals surface area contributed by atoms with Crippen molar-refractivity contribution in [3.63, 3.8) is 0 Å². The zero-order valence-corrected chi connectivity index (χ0v) is 55.4. The van der Waals surface area contributed by atoms with E-state index in [1.54, 1.807) is 0 Å². The lowest BCUT2D eigenvalue weighted by atomic mass is 10.0. The minimum absolute atomic E-state index is 0.0378. The van der Waals surface area contributed by atoms with Gasteiger partial charge in [-0.25, -0.2) is 0 Å². The van der Waals surface area contributed by atoms with Crippen LogP contribution in [0, 0.1) is 0 Å². The number of allylic oxidation sites excluding steroid dienone is 23. The van der Waals surface area contributed by atoms with Gasteiger partial charge in [0, 0.05) is 12.8 Å². The maximum atomic E-state index is 13.6. The van der Waals surface area contributed by atoms with Crippen LogP contribution >= 0.6 is 7.82 Å². The summed E-state index contributed by atoms with van der Waals surface area (Å²) in [6, 6.07) is -0.919. The number of carbonyl (C=O) groups excluding carboxylic acids is 2. The molecule has 1 amide bonds. The molecular weight excluding hydrogens is 1060 g/mol. The number of amides is 1. The Hall–Kier alpha value is -4.11. The number of nitrogens with one attached hydrogen (secondary N) is 1. The third kappa shape index (κ3) is 62.4. The van der Waals surface area contributed by atoms with E-state index >= 15 is 0 Å². The Morgan fingerprint density at radius 2 is 0.762 bits per heavy atom. The van der Waals surface area contributed by atoms with Crippen LogP contribution in [0.4, 0.5) is 0 Å². The van der Waals surface area contributed by atoms with Crippen molar-refractivity contribution in [2.75, 3.05) is 40.9 Å². The van der Waals surface area contributed by atoms with Crippen LogP contribution in [0.25, 0.3) is 0 Å². The van der Waals surface area contributed by atoms with Crippen molar-refractivity contribution in [1.82, 2.24) is 5.32 Å². The highest BCUT2D eigenvalue weighted by molar-refractivity contribution is 7.45. The van der Waals surface area contributed by atoms with E-state index in [0.29, 0.717) is 23.9 Å². The van der Waals surface area contributed by atoms with E-state index in [0.717, 1.165) is 141 Å². The standard InChI is InChI=1S/C74H125N2O7P/c1-7-10-13-16-19-22-25-28-30-32-34-35-36-37-38-39-40-41-43-44-46-48-51-54-57-60-63-66-73(77)75-71(70-82-84(79,80)81-69-68-76(4,5)6)72(65-62-59-56-53-50-27-24-21-18-15-12-9-3)83-74(78)67-64-61-58-55-52-49-47-45-42-33-31-29-26-23-20-17-14-11-8-2/h10-11,13-14,19-20,22-23,28-31,34-35,37-38,40-42,45,49,52,62,65,71-72H,7-9,12,15-18,21,24-27,32-33,36,39,43-44,46-48,50-51,53-61,63-64,66-70H2,1-6H3,(H-,75,77,79,80)/b13-10-,14-11-,22-19-,23-20-,30-28-,31-29-,35-34-,38-37-,41-40-,45-42-,52-49-,65-62-. The van der Waals surface area contributed by atoms with Crippen LogP contribution in [-0.2, 0) is 27.9 Å². The Balaban J connectivity index is 5.20. The maximum Gasteiger partial charge on any atom is 0.306 e. The highest BCUT2D eigenvalue weighted by atomic mass is 31.2. The smallest absolute Gasteiger partial charge is 0.306 e. The molecule has 0 aromatic carbocycles. The fraction of sp³-hybridized carbons (Fsp3) is 0.649. The number of esters is 1. The van der Waals surface area contributed by atoms with Gasteiger partial charge < -0.3 is 28.5 Å². The third-order valence-electron chi connectivity index (χ3n) is 14.0. The van der Waals surface area contributed by atoms with Gasteiger partial charge in [0.1, 0.15) is 19.3 Å². The number of carbonyl (C=O) groups is 2. The van der Waals surface area contributed by atoms with Crippen LogP contribution < -0.4 is 10.2 Å². The van der Waals surface area contributed by atoms with Crippen molar-refractivity contribution in [2.45, 2.75) is 270 Å². The molecule has 0 rings (SSSR count). The first kappa shape index (κ1) is 79.9. The molecular formula is C74H125N2O7P. The minimum Gasteiger partial charge on any atom is -0.756 e. The van der Waals surface area contributed by atoms with Gasteiger partial charge in [-0.2, -0.15) is 0 Å². The molecule has 3 atom stereocenters. The summed E-state index contributed by atoms with van der Waals surface area (Å²) in [5.41, 5.74) is 0. The molecule has 9 nitrogen and oxygen atoms in total. The number of rotatable bonds is 59. The monoisotopic (exact) mass is 1180 g/mol. The van der Waals surface area contributed by atoms with Gasteiger partial charge in [0.05, 0.1) is 33.8 Å². The van der Waals surface area contributed by atoms with Crippen LogP contribution in [0.5, 0.6) is 0 Å². The number of phosphoric acid groups is 1. The molecule has 0 radical (unpaired) electrons. The quantitative estimate of drug-likeness (QED) is 0.0212. The fourth-order valence-electron chi connectivity index (χ4n) is 8.90. The van der Waals surface area contributed by atoms with Crippen molar-refractivity contribution in [3.8, 4) is 0 Å². The lowest BCUT2D eigenvalue weighted by molar-refractivity contribution is -0.870. The van der Waals surface area contributed by atoms with Gasteiger partial charge >= 0.3 is 5.97 Å². The average molecular weight is 1190 g/mol. The predicted octanol–water partition coefficient (Wildman–Crippen LogP) is 20.8. The van der Waals surface area contributed by atoms with Gasteiger partial charge in [-0.3, -0.25) is 14.2 Å². The van der Waals surface area contributed by atoms with E-state index in [9.17, 15) is 19.0 Å². The molecule has 0 heterocycles. The number of hydrogen-bond donors (Lipinski definition) is 1. The van der Waals surface area contributed by atoms with Gasteiger partial charge in [0.2, 0.25) is 5.91 Å². The van der Waals surface area contributed by atoms with Crippen molar-refractivity contribution >= 4 is 19.7 Å². The summed E-state index contributed by atoms with van der Waals surface area (Å²) in [5.74, 6) is -0.597. The molecule has 0 bridgehead atoms. The lowest BCUT2D eigenvalue weighted by Crippen LogP contribution is -2.47. The number of likely N-dealkylation sites (N-methyl/N-ethyl adjacent to an activating group) is 1. The number of phosphoric ester groups is 1. The SMILES string of the molecule is CC/C=C\C/C=C\C/C=C\C/C=C\C/C=C\C/C=C\CCCCCCCCCCC(=O)NC(COP(=O)([O-])OCC[N+](C)(C)C)C(/C=C\CCCCCCCCCCCC)OC(=O)CCCCC/C=C\C/C=C\C/C=C\C/C=C\C/C=C\CC. The molecule has 1 N–H and O–H groups in total. The zero-order chi connectivity index (χ0) is 61.4. The Morgan fingerprint density at radius 3 is 1.15 bits per heavy atom. The Labute approximate surface area is 517 Å². The van der Waals surface area contributed by atoms with Crippen LogP contribution in [0.15, 0.2) is 146 Å². The first-order valence-electron chi connectivity index (χ1n) is 33.6. The lowest BCUT2D eigenvalue weighted by Gasteiger charge is -2.30. The molecule has 0 fully saturated rings. The summed E-state index contributed by atoms with van der Waals surface area (Å²) < 4.78 is 30.4. The van der Waals surface area contributed by atoms with Crippen molar-refractivity contribution in [2.24, 2.45) is 0 Å². The van der Waals surface area contributed by atoms with E-state index in [4.69, 9.17) is 13.8 Å². The van der Waals surface area contributed by atoms with Crippen molar-refractivity contribution in [3.05, 3.63) is 146 Å². The second-order valence-electron chi connectivity index (χ2n) is 23.2. The number of unbranched alkanes of at least 4 members (excludes halogenated alkanes) is 21. The molecule has 0 aliphatic heterocycles. The van der Waals surface area contributed by atoms with Crippen LogP contribution in [0.3, 0.4) is 0 Å². The molecule has 0 aliphatic rings. The number of ether oxygens (including phenoxy) is 1. The Morgan fingerprint density at radius 1 is 0.429 bits per heavy atom. The molecule has 0 aliphatic carbocycles. The number of quaternary nitrogens is 1. The average Bonchev–Trinajstić information content (AvgIpc) is 3.64. The molecule has 0 saturated heterocycles. The molecule has 3 unspecified atom stereocenters. The summed E-state index contributed by atoms with van der Waals surface area (Å²) in [5, 5.41) is 3.02.